The van der Waals surface area contributed by atoms with Crippen LogP contribution in [0, 0.1) is 27.7 Å². The van der Waals surface area contributed by atoms with Gasteiger partial charge < -0.3 is 0 Å². The number of aromatic nitrogens is 2. The van der Waals surface area contributed by atoms with Crippen LogP contribution in [0.25, 0.3) is 11.3 Å². The Morgan fingerprint density at radius 3 is 2.29 bits per heavy atom. The highest BCUT2D eigenvalue weighted by Crippen LogP contribution is 2.26. The first-order chi connectivity index (χ1) is 11.5. The van der Waals surface area contributed by atoms with E-state index in [1.807, 2.05) is 0 Å². The first-order valence-corrected chi connectivity index (χ1v) is 9.12. The van der Waals surface area contributed by atoms with E-state index >= 15 is 0 Å². The molecule has 24 heavy (non-hydrogen) atoms. The summed E-state index contributed by atoms with van der Waals surface area (Å²) >= 11 is 1.72. The number of rotatable bonds is 4. The molecule has 0 fully saturated rings. The van der Waals surface area contributed by atoms with E-state index in [0.29, 0.717) is 0 Å². The third-order valence-corrected chi connectivity index (χ3v) is 5.22. The molecule has 1 heterocycles. The smallest absolute Gasteiger partial charge is 0.119 e. The van der Waals surface area contributed by atoms with E-state index in [9.17, 15) is 0 Å². The lowest BCUT2D eigenvalue weighted by Gasteiger charge is -2.09. The van der Waals surface area contributed by atoms with Crippen molar-refractivity contribution in [2.45, 2.75) is 38.5 Å². The first-order valence-electron chi connectivity index (χ1n) is 8.13. The fraction of sp³-hybridized carbons (Fsp3) is 0.238. The van der Waals surface area contributed by atoms with Crippen LogP contribution >= 0.6 is 11.8 Å². The minimum absolute atomic E-state index is 0.915. The molecule has 0 spiro atoms. The fourth-order valence-corrected chi connectivity index (χ4v) is 3.49. The molecule has 3 aromatic rings. The van der Waals surface area contributed by atoms with Crippen LogP contribution < -0.4 is 0 Å². The van der Waals surface area contributed by atoms with Crippen LogP contribution in [0.1, 0.15) is 27.8 Å². The van der Waals surface area contributed by atoms with Crippen molar-refractivity contribution in [1.82, 2.24) is 10.2 Å². The van der Waals surface area contributed by atoms with Crippen molar-refractivity contribution < 1.29 is 0 Å². The van der Waals surface area contributed by atoms with E-state index in [1.54, 1.807) is 11.8 Å². The summed E-state index contributed by atoms with van der Waals surface area (Å²) in [5, 5.41) is 9.80. The molecule has 0 unspecified atom stereocenters. The molecule has 0 atom stereocenters. The molecule has 3 heteroatoms. The third-order valence-electron chi connectivity index (χ3n) is 4.23. The van der Waals surface area contributed by atoms with Crippen LogP contribution in [0.15, 0.2) is 53.6 Å². The Balaban J connectivity index is 1.75. The zero-order valence-electron chi connectivity index (χ0n) is 14.6. The minimum Gasteiger partial charge on any atom is -0.149 e. The average Bonchev–Trinajstić information content (AvgIpc) is 2.57. The molecule has 0 bridgehead atoms. The Morgan fingerprint density at radius 1 is 0.792 bits per heavy atom. The molecule has 2 aromatic carbocycles. The second kappa shape index (κ2) is 7.18. The molecule has 0 aliphatic rings. The van der Waals surface area contributed by atoms with Crippen molar-refractivity contribution in [2.75, 3.05) is 0 Å². The van der Waals surface area contributed by atoms with E-state index in [4.69, 9.17) is 0 Å². The van der Waals surface area contributed by atoms with Crippen molar-refractivity contribution in [3.05, 3.63) is 76.3 Å². The van der Waals surface area contributed by atoms with Crippen LogP contribution in [-0.2, 0) is 5.75 Å². The highest BCUT2D eigenvalue weighted by atomic mass is 32.2. The van der Waals surface area contributed by atoms with Crippen molar-refractivity contribution in [1.29, 1.82) is 0 Å². The lowest BCUT2D eigenvalue weighted by atomic mass is 9.99. The van der Waals surface area contributed by atoms with Crippen LogP contribution in [0.3, 0.4) is 0 Å². The second-order valence-corrected chi connectivity index (χ2v) is 7.28. The SMILES string of the molecule is Cc1cccc(CSc2ccc(-c3cc(C)c(C)cc3C)nn2)c1. The lowest BCUT2D eigenvalue weighted by Crippen LogP contribution is -1.94. The molecule has 122 valence electrons. The van der Waals surface area contributed by atoms with Crippen molar-refractivity contribution >= 4 is 11.8 Å². The standard InChI is InChI=1S/C21H22N2S/c1-14-6-5-7-18(10-14)13-24-21-9-8-20(22-23-21)19-12-16(3)15(2)11-17(19)4/h5-12H,13H2,1-4H3. The zero-order valence-corrected chi connectivity index (χ0v) is 15.4. The molecule has 0 saturated heterocycles. The first kappa shape index (κ1) is 16.7. The Morgan fingerprint density at radius 2 is 1.58 bits per heavy atom. The molecule has 1 aromatic heterocycles. The van der Waals surface area contributed by atoms with E-state index < -0.39 is 0 Å². The summed E-state index contributed by atoms with van der Waals surface area (Å²) < 4.78 is 0. The number of aryl methyl sites for hydroxylation is 4. The summed E-state index contributed by atoms with van der Waals surface area (Å²) in [6.07, 6.45) is 0. The summed E-state index contributed by atoms with van der Waals surface area (Å²) in [5.74, 6) is 0.915. The van der Waals surface area contributed by atoms with Gasteiger partial charge in [-0.15, -0.1) is 10.2 Å². The molecule has 3 rings (SSSR count). The van der Waals surface area contributed by atoms with Crippen LogP contribution in [0.5, 0.6) is 0 Å². The van der Waals surface area contributed by atoms with Gasteiger partial charge in [0.1, 0.15) is 5.03 Å². The molecular weight excluding hydrogens is 312 g/mol. The maximum atomic E-state index is 4.44. The summed E-state index contributed by atoms with van der Waals surface area (Å²) in [7, 11) is 0. The van der Waals surface area contributed by atoms with Crippen molar-refractivity contribution in [2.24, 2.45) is 0 Å². The maximum Gasteiger partial charge on any atom is 0.119 e. The maximum absolute atomic E-state index is 4.44. The summed E-state index contributed by atoms with van der Waals surface area (Å²) in [5.41, 5.74) is 8.56. The monoisotopic (exact) mass is 334 g/mol. The van der Waals surface area contributed by atoms with Gasteiger partial charge in [0.15, 0.2) is 0 Å². The van der Waals surface area contributed by atoms with Gasteiger partial charge in [-0.3, -0.25) is 0 Å². The van der Waals surface area contributed by atoms with E-state index in [1.165, 1.54) is 33.4 Å². The van der Waals surface area contributed by atoms with Gasteiger partial charge in [-0.1, -0.05) is 47.7 Å². The summed E-state index contributed by atoms with van der Waals surface area (Å²) in [6.45, 7) is 8.53. The molecule has 0 aliphatic heterocycles. The zero-order chi connectivity index (χ0) is 17.1. The summed E-state index contributed by atoms with van der Waals surface area (Å²) in [4.78, 5) is 0. The molecule has 0 N–H and O–H groups in total. The topological polar surface area (TPSA) is 25.8 Å². The van der Waals surface area contributed by atoms with Crippen molar-refractivity contribution in [3.8, 4) is 11.3 Å². The molecular formula is C21H22N2S. The van der Waals surface area contributed by atoms with Crippen molar-refractivity contribution in [3.63, 3.8) is 0 Å². The number of nitrogens with zero attached hydrogens (tertiary/aromatic N) is 2. The van der Waals surface area contributed by atoms with Gasteiger partial charge in [0.05, 0.1) is 5.69 Å². The van der Waals surface area contributed by atoms with Gasteiger partial charge in [-0.2, -0.15) is 0 Å². The Hall–Kier alpha value is -2.13. The highest BCUT2D eigenvalue weighted by molar-refractivity contribution is 7.98. The molecule has 0 saturated carbocycles. The average molecular weight is 334 g/mol. The normalized spacial score (nSPS) is 10.8. The van der Waals surface area contributed by atoms with E-state index in [0.717, 1.165) is 16.5 Å². The number of hydrogen-bond acceptors (Lipinski definition) is 3. The van der Waals surface area contributed by atoms with Gasteiger partial charge in [-0.25, -0.2) is 0 Å². The van der Waals surface area contributed by atoms with E-state index in [2.05, 4.69) is 86.4 Å². The predicted molar refractivity (Wildman–Crippen MR) is 102 cm³/mol. The van der Waals surface area contributed by atoms with Gasteiger partial charge in [0.2, 0.25) is 0 Å². The molecule has 0 radical (unpaired) electrons. The minimum atomic E-state index is 0.915. The van der Waals surface area contributed by atoms with Gasteiger partial charge >= 0.3 is 0 Å². The number of hydrogen-bond donors (Lipinski definition) is 0. The Labute approximate surface area is 148 Å². The number of benzene rings is 2. The number of thioether (sulfide) groups is 1. The molecule has 2 nitrogen and oxygen atoms in total. The van der Waals surface area contributed by atoms with Crippen LogP contribution in [0.4, 0.5) is 0 Å². The Kier molecular flexibility index (Phi) is 5.00. The van der Waals surface area contributed by atoms with Gasteiger partial charge in [0, 0.05) is 11.3 Å². The largest absolute Gasteiger partial charge is 0.149 e. The predicted octanol–water partition coefficient (Wildman–Crippen LogP) is 5.67. The third kappa shape index (κ3) is 3.85. The quantitative estimate of drug-likeness (QED) is 0.575. The summed E-state index contributed by atoms with van der Waals surface area (Å²) in [6, 6.07) is 17.1. The van der Waals surface area contributed by atoms with Gasteiger partial charge in [-0.05, 0) is 68.1 Å². The van der Waals surface area contributed by atoms with Crippen LogP contribution in [-0.4, -0.2) is 10.2 Å². The molecule has 0 amide bonds. The second-order valence-electron chi connectivity index (χ2n) is 6.29. The Bertz CT molecular complexity index is 854. The van der Waals surface area contributed by atoms with E-state index in [-0.39, 0.29) is 0 Å². The lowest BCUT2D eigenvalue weighted by molar-refractivity contribution is 0.934. The molecule has 0 aliphatic carbocycles. The highest BCUT2D eigenvalue weighted by Gasteiger charge is 2.07. The van der Waals surface area contributed by atoms with Gasteiger partial charge in [0.25, 0.3) is 0 Å². The van der Waals surface area contributed by atoms with Crippen LogP contribution in [0.2, 0.25) is 0 Å². The fourth-order valence-electron chi connectivity index (χ4n) is 2.74.